The smallest absolute Gasteiger partial charge is 0.248 e. The van der Waals surface area contributed by atoms with Crippen molar-refractivity contribution < 1.29 is 14.2 Å². The Morgan fingerprint density at radius 3 is 1.91 bits per heavy atom. The van der Waals surface area contributed by atoms with E-state index in [1.54, 1.807) is 21.3 Å². The van der Waals surface area contributed by atoms with Gasteiger partial charge in [0.1, 0.15) is 9.52 Å². The van der Waals surface area contributed by atoms with E-state index in [9.17, 15) is 0 Å². The molecule has 0 aromatic heterocycles. The Kier molecular flexibility index (Phi) is 5.76. The number of hydrogen-bond acceptors (Lipinski definition) is 3. The lowest BCUT2D eigenvalue weighted by Crippen LogP contribution is -2.42. The van der Waals surface area contributed by atoms with Gasteiger partial charge in [-0.05, 0) is 0 Å². The average Bonchev–Trinajstić information content (AvgIpc) is 2.08. The molecule has 0 saturated carbocycles. The molecule has 0 bridgehead atoms. The standard InChI is InChI=1S/C7H17O3Si/c1-5-6-11-7(8-2,9-3)10-4/h1,5-6,11H2,2-4H3. The molecule has 0 rings (SSSR count). The van der Waals surface area contributed by atoms with Crippen molar-refractivity contribution in [2.75, 3.05) is 21.3 Å². The third-order valence-corrected chi connectivity index (χ3v) is 4.00. The fraction of sp³-hybridized carbons (Fsp3) is 0.857. The second kappa shape index (κ2) is 5.71. The van der Waals surface area contributed by atoms with Crippen LogP contribution in [0.2, 0.25) is 6.04 Å². The van der Waals surface area contributed by atoms with Gasteiger partial charge in [-0.3, -0.25) is 0 Å². The quantitative estimate of drug-likeness (QED) is 0.433. The minimum absolute atomic E-state index is 0.511. The third-order valence-electron chi connectivity index (χ3n) is 1.67. The van der Waals surface area contributed by atoms with Crippen LogP contribution in [0.25, 0.3) is 0 Å². The van der Waals surface area contributed by atoms with Gasteiger partial charge in [-0.25, -0.2) is 0 Å². The highest BCUT2D eigenvalue weighted by atomic mass is 28.2. The Morgan fingerprint density at radius 2 is 1.64 bits per heavy atom. The van der Waals surface area contributed by atoms with Crippen LogP contribution in [0.5, 0.6) is 0 Å². The van der Waals surface area contributed by atoms with E-state index in [-0.39, 0.29) is 0 Å². The van der Waals surface area contributed by atoms with Gasteiger partial charge < -0.3 is 14.2 Å². The van der Waals surface area contributed by atoms with E-state index < -0.39 is 15.1 Å². The van der Waals surface area contributed by atoms with Crippen molar-refractivity contribution in [2.45, 2.75) is 18.1 Å². The van der Waals surface area contributed by atoms with Crippen molar-refractivity contribution >= 4 is 9.52 Å². The first-order valence-electron chi connectivity index (χ1n) is 3.69. The maximum absolute atomic E-state index is 5.13. The van der Waals surface area contributed by atoms with Gasteiger partial charge in [0.2, 0.25) is 5.60 Å². The largest absolute Gasteiger partial charge is 0.335 e. The molecule has 0 amide bonds. The lowest BCUT2D eigenvalue weighted by molar-refractivity contribution is -0.294. The molecule has 0 saturated heterocycles. The summed E-state index contributed by atoms with van der Waals surface area (Å²) in [6.07, 6.45) is 0.921. The minimum Gasteiger partial charge on any atom is -0.335 e. The van der Waals surface area contributed by atoms with Crippen LogP contribution >= 0.6 is 0 Å². The summed E-state index contributed by atoms with van der Waals surface area (Å²) in [4.78, 5) is 0. The molecule has 67 valence electrons. The van der Waals surface area contributed by atoms with Crippen LogP contribution in [0.3, 0.4) is 0 Å². The predicted octanol–water partition coefficient (Wildman–Crippen LogP) is 0.348. The van der Waals surface area contributed by atoms with Gasteiger partial charge in [0.15, 0.2) is 0 Å². The molecular formula is C7H17O3Si. The van der Waals surface area contributed by atoms with Crippen molar-refractivity contribution in [3.63, 3.8) is 0 Å². The molecule has 1 radical (unpaired) electrons. The SMILES string of the molecule is [CH2]CC[SiH2]C(OC)(OC)OC. The van der Waals surface area contributed by atoms with Crippen molar-refractivity contribution in [1.82, 2.24) is 0 Å². The highest BCUT2D eigenvalue weighted by molar-refractivity contribution is 6.38. The fourth-order valence-corrected chi connectivity index (χ4v) is 2.19. The van der Waals surface area contributed by atoms with Gasteiger partial charge in [0, 0.05) is 21.3 Å². The van der Waals surface area contributed by atoms with Crippen LogP contribution in [0.15, 0.2) is 0 Å². The van der Waals surface area contributed by atoms with E-state index in [2.05, 4.69) is 6.92 Å². The molecular weight excluding hydrogens is 160 g/mol. The second-order valence-electron chi connectivity index (χ2n) is 2.25. The first-order chi connectivity index (χ1) is 5.24. The minimum atomic E-state index is -0.725. The van der Waals surface area contributed by atoms with Gasteiger partial charge in [-0.15, -0.1) is 0 Å². The van der Waals surface area contributed by atoms with E-state index in [1.807, 2.05) is 0 Å². The maximum atomic E-state index is 5.13. The second-order valence-corrected chi connectivity index (χ2v) is 4.33. The Bertz CT molecular complexity index is 85.4. The summed E-state index contributed by atoms with van der Waals surface area (Å²) in [5.74, 6) is 0. The Balaban J connectivity index is 3.84. The average molecular weight is 177 g/mol. The number of methoxy groups -OCH3 is 3. The first kappa shape index (κ1) is 11.1. The topological polar surface area (TPSA) is 27.7 Å². The van der Waals surface area contributed by atoms with Crippen LogP contribution < -0.4 is 0 Å². The molecule has 0 aliphatic carbocycles. The molecule has 4 heteroatoms. The van der Waals surface area contributed by atoms with Crippen LogP contribution in [-0.4, -0.2) is 36.4 Å². The zero-order chi connectivity index (χ0) is 8.74. The Hall–Kier alpha value is 0.0969. The fourth-order valence-electron chi connectivity index (χ4n) is 0.898. The molecule has 0 aromatic rings. The summed E-state index contributed by atoms with van der Waals surface area (Å²) in [6, 6.07) is 1.06. The molecule has 11 heavy (non-hydrogen) atoms. The summed E-state index contributed by atoms with van der Waals surface area (Å²) in [5.41, 5.74) is -0.725. The summed E-state index contributed by atoms with van der Waals surface area (Å²) in [6.45, 7) is 3.76. The molecule has 0 fully saturated rings. The zero-order valence-corrected chi connectivity index (χ0v) is 8.97. The van der Waals surface area contributed by atoms with E-state index in [4.69, 9.17) is 14.2 Å². The monoisotopic (exact) mass is 177 g/mol. The molecule has 0 heterocycles. The number of rotatable bonds is 6. The normalized spacial score (nSPS) is 13.1. The van der Waals surface area contributed by atoms with Gasteiger partial charge in [0.05, 0.1) is 0 Å². The molecule has 0 aliphatic rings. The van der Waals surface area contributed by atoms with Crippen LogP contribution in [-0.2, 0) is 14.2 Å². The van der Waals surface area contributed by atoms with E-state index in [1.165, 1.54) is 0 Å². The van der Waals surface area contributed by atoms with Gasteiger partial charge in [0.25, 0.3) is 0 Å². The molecule has 0 atom stereocenters. The molecule has 0 aromatic carbocycles. The highest BCUT2D eigenvalue weighted by Gasteiger charge is 2.27. The highest BCUT2D eigenvalue weighted by Crippen LogP contribution is 2.12. The molecule has 0 unspecified atom stereocenters. The van der Waals surface area contributed by atoms with Crippen LogP contribution in [0.1, 0.15) is 6.42 Å². The summed E-state index contributed by atoms with van der Waals surface area (Å²) >= 11 is 0. The van der Waals surface area contributed by atoms with Crippen molar-refractivity contribution in [1.29, 1.82) is 0 Å². The van der Waals surface area contributed by atoms with E-state index >= 15 is 0 Å². The first-order valence-corrected chi connectivity index (χ1v) is 5.40. The van der Waals surface area contributed by atoms with Crippen molar-refractivity contribution in [2.24, 2.45) is 0 Å². The van der Waals surface area contributed by atoms with E-state index in [0.29, 0.717) is 0 Å². The van der Waals surface area contributed by atoms with Crippen molar-refractivity contribution in [3.8, 4) is 0 Å². The van der Waals surface area contributed by atoms with Gasteiger partial charge >= 0.3 is 0 Å². The lowest BCUT2D eigenvalue weighted by atomic mass is 10.6. The van der Waals surface area contributed by atoms with Crippen LogP contribution in [0.4, 0.5) is 0 Å². The zero-order valence-electron chi connectivity index (χ0n) is 7.55. The molecule has 3 nitrogen and oxygen atoms in total. The summed E-state index contributed by atoms with van der Waals surface area (Å²) in [5, 5.41) is 0. The Morgan fingerprint density at radius 1 is 1.18 bits per heavy atom. The molecule has 0 N–H and O–H groups in total. The predicted molar refractivity (Wildman–Crippen MR) is 47.1 cm³/mol. The lowest BCUT2D eigenvalue weighted by Gasteiger charge is -2.28. The van der Waals surface area contributed by atoms with E-state index in [0.717, 1.165) is 12.5 Å². The number of hydrogen-bond donors (Lipinski definition) is 0. The summed E-state index contributed by atoms with van der Waals surface area (Å²) in [7, 11) is 4.29. The van der Waals surface area contributed by atoms with Gasteiger partial charge in [-0.2, -0.15) is 0 Å². The third kappa shape index (κ3) is 3.33. The summed E-state index contributed by atoms with van der Waals surface area (Å²) < 4.78 is 15.4. The molecule has 0 spiro atoms. The van der Waals surface area contributed by atoms with Gasteiger partial charge in [-0.1, -0.05) is 19.4 Å². The maximum Gasteiger partial charge on any atom is 0.248 e. The van der Waals surface area contributed by atoms with Crippen LogP contribution in [0, 0.1) is 6.92 Å². The molecule has 0 aliphatic heterocycles. The van der Waals surface area contributed by atoms with Crippen molar-refractivity contribution in [3.05, 3.63) is 6.92 Å². The Labute approximate surface area is 70.8 Å². The number of ether oxygens (including phenoxy) is 3.